The second-order valence-electron chi connectivity index (χ2n) is 23.5. The number of rotatable bonds is 64. The number of nitrogens with one attached hydrogen (secondary N) is 1. The summed E-state index contributed by atoms with van der Waals surface area (Å²) < 4.78 is 5.49. The van der Waals surface area contributed by atoms with Gasteiger partial charge in [-0.25, -0.2) is 0 Å². The molecule has 6 nitrogen and oxygen atoms in total. The second kappa shape index (κ2) is 64.1. The molecule has 3 N–H and O–H groups in total. The molecule has 0 heterocycles. The molecule has 0 saturated heterocycles. The Morgan fingerprint density at radius 2 is 0.635 bits per heavy atom. The molecule has 0 aromatic carbocycles. The largest absolute Gasteiger partial charge is 0.466 e. The lowest BCUT2D eigenvalue weighted by molar-refractivity contribution is -0.143. The summed E-state index contributed by atoms with van der Waals surface area (Å²) in [5.41, 5.74) is 0. The van der Waals surface area contributed by atoms with E-state index < -0.39 is 12.1 Å². The van der Waals surface area contributed by atoms with Crippen LogP contribution in [0.2, 0.25) is 0 Å². The van der Waals surface area contributed by atoms with Crippen LogP contribution in [0, 0.1) is 0 Å². The van der Waals surface area contributed by atoms with Gasteiger partial charge in [0, 0.05) is 12.8 Å². The van der Waals surface area contributed by atoms with Gasteiger partial charge in [0.05, 0.1) is 25.4 Å². The van der Waals surface area contributed by atoms with E-state index in [4.69, 9.17) is 4.74 Å². The summed E-state index contributed by atoms with van der Waals surface area (Å²) in [5.74, 6) is -0.0142. The van der Waals surface area contributed by atoms with E-state index in [1.165, 1.54) is 315 Å². The third-order valence-electron chi connectivity index (χ3n) is 16.1. The van der Waals surface area contributed by atoms with E-state index >= 15 is 0 Å². The zero-order chi connectivity index (χ0) is 53.6. The number of amides is 1. The van der Waals surface area contributed by atoms with Crippen LogP contribution in [0.5, 0.6) is 0 Å². The molecule has 0 aliphatic heterocycles. The fraction of sp³-hybridized carbons (Fsp3) is 0.941. The van der Waals surface area contributed by atoms with E-state index in [1.54, 1.807) is 0 Å². The Morgan fingerprint density at radius 3 is 0.959 bits per heavy atom. The molecule has 0 spiro atoms. The third-order valence-corrected chi connectivity index (χ3v) is 16.1. The Bertz CT molecular complexity index is 1110. The maximum absolute atomic E-state index is 12.5. The van der Waals surface area contributed by atoms with E-state index in [9.17, 15) is 19.8 Å². The van der Waals surface area contributed by atoms with Gasteiger partial charge >= 0.3 is 5.97 Å². The molecule has 0 radical (unpaired) electrons. The fourth-order valence-corrected chi connectivity index (χ4v) is 10.9. The zero-order valence-corrected chi connectivity index (χ0v) is 50.4. The van der Waals surface area contributed by atoms with E-state index in [-0.39, 0.29) is 18.5 Å². The van der Waals surface area contributed by atoms with Crippen LogP contribution in [0.1, 0.15) is 386 Å². The Morgan fingerprint density at radius 1 is 0.365 bits per heavy atom. The molecule has 0 saturated carbocycles. The fourth-order valence-electron chi connectivity index (χ4n) is 10.9. The molecular formula is C68H133NO5. The van der Waals surface area contributed by atoms with E-state index in [0.29, 0.717) is 25.9 Å². The Kier molecular flexibility index (Phi) is 62.9. The summed E-state index contributed by atoms with van der Waals surface area (Å²) in [6, 6.07) is -0.541. The summed E-state index contributed by atoms with van der Waals surface area (Å²) in [7, 11) is 0. The van der Waals surface area contributed by atoms with Gasteiger partial charge in [-0.05, 0) is 51.4 Å². The van der Waals surface area contributed by atoms with Gasteiger partial charge < -0.3 is 20.3 Å². The average molecular weight is 1040 g/mol. The van der Waals surface area contributed by atoms with Crippen LogP contribution in [-0.2, 0) is 14.3 Å². The number of carbonyl (C=O) groups excluding carboxylic acids is 2. The predicted molar refractivity (Wildman–Crippen MR) is 324 cm³/mol. The van der Waals surface area contributed by atoms with Crippen molar-refractivity contribution in [3.8, 4) is 0 Å². The molecule has 0 fully saturated rings. The van der Waals surface area contributed by atoms with Crippen LogP contribution in [0.15, 0.2) is 12.2 Å². The lowest BCUT2D eigenvalue weighted by Crippen LogP contribution is -2.45. The maximum Gasteiger partial charge on any atom is 0.305 e. The van der Waals surface area contributed by atoms with E-state index in [0.717, 1.165) is 38.5 Å². The first-order valence-electron chi connectivity index (χ1n) is 33.9. The number of ether oxygens (including phenoxy) is 1. The van der Waals surface area contributed by atoms with Crippen LogP contribution in [-0.4, -0.2) is 47.4 Å². The molecule has 440 valence electrons. The van der Waals surface area contributed by atoms with Crippen molar-refractivity contribution in [1.29, 1.82) is 0 Å². The smallest absolute Gasteiger partial charge is 0.305 e. The monoisotopic (exact) mass is 1040 g/mol. The summed E-state index contributed by atoms with van der Waals surface area (Å²) in [5, 5.41) is 23.3. The summed E-state index contributed by atoms with van der Waals surface area (Å²) >= 11 is 0. The minimum absolute atomic E-state index is 0.0182. The number of unbranched alkanes of at least 4 members (excludes halogenated alkanes) is 51. The van der Waals surface area contributed by atoms with Crippen LogP contribution in [0.25, 0.3) is 0 Å². The topological polar surface area (TPSA) is 95.9 Å². The van der Waals surface area contributed by atoms with Gasteiger partial charge in [0.15, 0.2) is 0 Å². The number of carbonyl (C=O) groups is 2. The van der Waals surface area contributed by atoms with Gasteiger partial charge in [0.25, 0.3) is 0 Å². The van der Waals surface area contributed by atoms with Crippen molar-refractivity contribution in [2.24, 2.45) is 0 Å². The first kappa shape index (κ1) is 72.6. The molecule has 0 aromatic rings. The third kappa shape index (κ3) is 59.8. The standard InChI is InChI=1S/C68H133NO5/c1-3-5-7-9-11-13-15-17-19-33-36-40-44-48-52-56-60-66(71)65(64-70)69-67(72)61-57-53-49-45-41-37-34-31-29-27-25-23-21-20-22-24-26-28-30-32-35-39-43-47-51-55-59-63-74-68(73)62-58-54-50-46-42-38-18-16-14-12-10-8-6-4-2/h20-21,65-66,70-71H,3-19,22-64H2,1-2H3,(H,69,72)/b21-20-. The summed E-state index contributed by atoms with van der Waals surface area (Å²) in [6.07, 6.45) is 78.2. The zero-order valence-electron chi connectivity index (χ0n) is 50.4. The summed E-state index contributed by atoms with van der Waals surface area (Å²) in [4.78, 5) is 24.6. The molecule has 74 heavy (non-hydrogen) atoms. The normalized spacial score (nSPS) is 12.5. The van der Waals surface area contributed by atoms with Crippen molar-refractivity contribution < 1.29 is 24.5 Å². The van der Waals surface area contributed by atoms with Crippen molar-refractivity contribution in [2.45, 2.75) is 398 Å². The molecular weight excluding hydrogens is 911 g/mol. The quantitative estimate of drug-likeness (QED) is 0.0320. The molecule has 6 heteroatoms. The highest BCUT2D eigenvalue weighted by atomic mass is 16.5. The number of aliphatic hydroxyl groups is 2. The van der Waals surface area contributed by atoms with Gasteiger partial charge in [-0.15, -0.1) is 0 Å². The minimum Gasteiger partial charge on any atom is -0.466 e. The van der Waals surface area contributed by atoms with E-state index in [2.05, 4.69) is 31.3 Å². The molecule has 0 rings (SSSR count). The molecule has 2 unspecified atom stereocenters. The lowest BCUT2D eigenvalue weighted by atomic mass is 10.0. The Labute approximate surface area is 463 Å². The van der Waals surface area contributed by atoms with E-state index in [1.807, 2.05) is 0 Å². The van der Waals surface area contributed by atoms with Crippen LogP contribution in [0.3, 0.4) is 0 Å². The number of aliphatic hydroxyl groups excluding tert-OH is 2. The molecule has 2 atom stereocenters. The van der Waals surface area contributed by atoms with Crippen LogP contribution < -0.4 is 5.32 Å². The number of hydrogen-bond acceptors (Lipinski definition) is 5. The number of esters is 1. The maximum atomic E-state index is 12.5. The second-order valence-corrected chi connectivity index (χ2v) is 23.5. The van der Waals surface area contributed by atoms with Crippen molar-refractivity contribution in [1.82, 2.24) is 5.32 Å². The molecule has 0 aliphatic rings. The van der Waals surface area contributed by atoms with Gasteiger partial charge in [0.2, 0.25) is 5.91 Å². The SMILES string of the molecule is CCCCCCCCCCCCCCCCCCC(O)C(CO)NC(=O)CCCCCCCCCCCCC/C=C\CCCCCCCCCCCCCCOC(=O)CCCCCCCCCCCCCCCC. The lowest BCUT2D eigenvalue weighted by Gasteiger charge is -2.22. The van der Waals surface area contributed by atoms with Crippen molar-refractivity contribution in [3.63, 3.8) is 0 Å². The molecule has 1 amide bonds. The Balaban J connectivity index is 3.37. The first-order chi connectivity index (χ1) is 36.5. The number of hydrogen-bond donors (Lipinski definition) is 3. The molecule has 0 bridgehead atoms. The minimum atomic E-state index is -0.664. The van der Waals surface area contributed by atoms with Gasteiger partial charge in [0.1, 0.15) is 0 Å². The highest BCUT2D eigenvalue weighted by molar-refractivity contribution is 5.76. The van der Waals surface area contributed by atoms with Crippen LogP contribution >= 0.6 is 0 Å². The summed E-state index contributed by atoms with van der Waals surface area (Å²) in [6.45, 7) is 4.99. The first-order valence-corrected chi connectivity index (χ1v) is 33.9. The highest BCUT2D eigenvalue weighted by Crippen LogP contribution is 2.19. The van der Waals surface area contributed by atoms with Gasteiger partial charge in [-0.1, -0.05) is 334 Å². The highest BCUT2D eigenvalue weighted by Gasteiger charge is 2.20. The van der Waals surface area contributed by atoms with Gasteiger partial charge in [-0.2, -0.15) is 0 Å². The van der Waals surface area contributed by atoms with Crippen molar-refractivity contribution in [2.75, 3.05) is 13.2 Å². The molecule has 0 aromatic heterocycles. The van der Waals surface area contributed by atoms with Crippen LogP contribution in [0.4, 0.5) is 0 Å². The van der Waals surface area contributed by atoms with Crippen molar-refractivity contribution in [3.05, 3.63) is 12.2 Å². The predicted octanol–water partition coefficient (Wildman–Crippen LogP) is 21.6. The van der Waals surface area contributed by atoms with Crippen molar-refractivity contribution >= 4 is 11.9 Å². The number of allylic oxidation sites excluding steroid dienone is 2. The van der Waals surface area contributed by atoms with Gasteiger partial charge in [-0.3, -0.25) is 9.59 Å². The molecule has 0 aliphatic carbocycles. The Hall–Kier alpha value is -1.40. The average Bonchev–Trinajstić information content (AvgIpc) is 3.40.